The van der Waals surface area contributed by atoms with E-state index in [4.69, 9.17) is 4.74 Å². The van der Waals surface area contributed by atoms with Gasteiger partial charge in [0.25, 0.3) is 5.91 Å². The van der Waals surface area contributed by atoms with Crippen LogP contribution in [-0.2, 0) is 0 Å². The summed E-state index contributed by atoms with van der Waals surface area (Å²) in [6, 6.07) is 11.2. The lowest BCUT2D eigenvalue weighted by atomic mass is 10.1. The normalized spacial score (nSPS) is 10.5. The molecule has 2 N–H and O–H groups in total. The number of aromatic nitrogens is 3. The highest BCUT2D eigenvalue weighted by Crippen LogP contribution is 2.22. The van der Waals surface area contributed by atoms with Crippen LogP contribution in [0.2, 0.25) is 0 Å². The highest BCUT2D eigenvalue weighted by molar-refractivity contribution is 6.05. The first-order valence-electron chi connectivity index (χ1n) is 8.12. The quantitative estimate of drug-likeness (QED) is 0.719. The summed E-state index contributed by atoms with van der Waals surface area (Å²) in [6.07, 6.45) is 0. The second-order valence-corrected chi connectivity index (χ2v) is 5.89. The van der Waals surface area contributed by atoms with Crippen LogP contribution in [0.3, 0.4) is 0 Å². The van der Waals surface area contributed by atoms with Crippen molar-refractivity contribution in [3.63, 3.8) is 0 Å². The fourth-order valence-corrected chi connectivity index (χ4v) is 2.72. The molecular weight excluding hydrogens is 348 g/mol. The number of anilines is 1. The topological polar surface area (TPSA) is 106 Å². The minimum atomic E-state index is -1.10. The van der Waals surface area contributed by atoms with Crippen molar-refractivity contribution in [3.8, 4) is 11.4 Å². The molecule has 3 rings (SSSR count). The number of methoxy groups -OCH3 is 1. The maximum atomic E-state index is 12.5. The molecule has 0 atom stereocenters. The number of hydrogen-bond donors (Lipinski definition) is 2. The SMILES string of the molecule is COc1ccc(C(=O)Nc2cc(C(=O)O)cc(-n3c(C)nnc3C)c2)cc1. The third-order valence-corrected chi connectivity index (χ3v) is 4.02. The summed E-state index contributed by atoms with van der Waals surface area (Å²) >= 11 is 0. The number of benzene rings is 2. The highest BCUT2D eigenvalue weighted by atomic mass is 16.5. The van der Waals surface area contributed by atoms with E-state index in [0.29, 0.717) is 34.3 Å². The maximum Gasteiger partial charge on any atom is 0.335 e. The minimum absolute atomic E-state index is 0.0463. The summed E-state index contributed by atoms with van der Waals surface area (Å²) < 4.78 is 6.79. The van der Waals surface area contributed by atoms with Crippen LogP contribution in [0.25, 0.3) is 5.69 Å². The van der Waals surface area contributed by atoms with Gasteiger partial charge in [0.05, 0.1) is 18.4 Å². The van der Waals surface area contributed by atoms with E-state index in [2.05, 4.69) is 15.5 Å². The van der Waals surface area contributed by atoms with Gasteiger partial charge in [0.15, 0.2) is 0 Å². The predicted molar refractivity (Wildman–Crippen MR) is 98.7 cm³/mol. The molecule has 0 unspecified atom stereocenters. The summed E-state index contributed by atoms with van der Waals surface area (Å²) in [5.74, 6) is 0.411. The number of carbonyl (C=O) groups excluding carboxylic acids is 1. The Morgan fingerprint density at radius 1 is 1.00 bits per heavy atom. The molecule has 1 amide bonds. The van der Waals surface area contributed by atoms with Crippen LogP contribution in [0.1, 0.15) is 32.4 Å². The number of carboxylic acids is 1. The lowest BCUT2D eigenvalue weighted by Crippen LogP contribution is -2.13. The second kappa shape index (κ2) is 7.28. The summed E-state index contributed by atoms with van der Waals surface area (Å²) in [6.45, 7) is 3.53. The number of nitrogens with one attached hydrogen (secondary N) is 1. The average molecular weight is 366 g/mol. The number of carboxylic acid groups (broad SMARTS) is 1. The van der Waals surface area contributed by atoms with Crippen molar-refractivity contribution in [2.75, 3.05) is 12.4 Å². The number of aromatic carboxylic acids is 1. The van der Waals surface area contributed by atoms with Gasteiger partial charge in [0.1, 0.15) is 17.4 Å². The Morgan fingerprint density at radius 3 is 2.19 bits per heavy atom. The van der Waals surface area contributed by atoms with Crippen molar-refractivity contribution in [2.24, 2.45) is 0 Å². The van der Waals surface area contributed by atoms with Crippen LogP contribution in [0.4, 0.5) is 5.69 Å². The molecule has 3 aromatic rings. The van der Waals surface area contributed by atoms with Gasteiger partial charge in [-0.3, -0.25) is 9.36 Å². The molecule has 8 heteroatoms. The standard InChI is InChI=1S/C19H18N4O4/c1-11-21-22-12(2)23(11)16-9-14(19(25)26)8-15(10-16)20-18(24)13-4-6-17(27-3)7-5-13/h4-10H,1-3H3,(H,20,24)(H,25,26). The van der Waals surface area contributed by atoms with E-state index in [1.165, 1.54) is 12.1 Å². The zero-order valence-corrected chi connectivity index (χ0v) is 15.1. The van der Waals surface area contributed by atoms with Crippen LogP contribution in [-0.4, -0.2) is 38.9 Å². The van der Waals surface area contributed by atoms with Crippen molar-refractivity contribution in [2.45, 2.75) is 13.8 Å². The number of nitrogens with zero attached hydrogens (tertiary/aromatic N) is 3. The summed E-state index contributed by atoms with van der Waals surface area (Å²) in [5, 5.41) is 20.1. The molecular formula is C19H18N4O4. The zero-order chi connectivity index (χ0) is 19.6. The summed E-state index contributed by atoms with van der Waals surface area (Å²) in [4.78, 5) is 24.0. The average Bonchev–Trinajstić information content (AvgIpc) is 2.99. The molecule has 0 aliphatic carbocycles. The summed E-state index contributed by atoms with van der Waals surface area (Å²) in [5.41, 5.74) is 1.39. The van der Waals surface area contributed by atoms with Crippen LogP contribution >= 0.6 is 0 Å². The van der Waals surface area contributed by atoms with E-state index >= 15 is 0 Å². The summed E-state index contributed by atoms with van der Waals surface area (Å²) in [7, 11) is 1.54. The van der Waals surface area contributed by atoms with Gasteiger partial charge in [-0.1, -0.05) is 0 Å². The van der Waals surface area contributed by atoms with Crippen molar-refractivity contribution in [1.29, 1.82) is 0 Å². The molecule has 0 aliphatic heterocycles. The van der Waals surface area contributed by atoms with E-state index in [9.17, 15) is 14.7 Å². The molecule has 27 heavy (non-hydrogen) atoms. The van der Waals surface area contributed by atoms with Crippen molar-refractivity contribution >= 4 is 17.6 Å². The molecule has 0 aliphatic rings. The molecule has 8 nitrogen and oxygen atoms in total. The van der Waals surface area contributed by atoms with E-state index < -0.39 is 5.97 Å². The van der Waals surface area contributed by atoms with Gasteiger partial charge in [-0.05, 0) is 56.3 Å². The predicted octanol–water partition coefficient (Wildman–Crippen LogP) is 2.84. The number of ether oxygens (including phenoxy) is 1. The number of amides is 1. The van der Waals surface area contributed by atoms with E-state index in [1.807, 2.05) is 0 Å². The van der Waals surface area contributed by atoms with Gasteiger partial charge in [-0.2, -0.15) is 0 Å². The fourth-order valence-electron chi connectivity index (χ4n) is 2.72. The molecule has 0 bridgehead atoms. The second-order valence-electron chi connectivity index (χ2n) is 5.89. The number of rotatable bonds is 5. The lowest BCUT2D eigenvalue weighted by molar-refractivity contribution is 0.0696. The maximum absolute atomic E-state index is 12.5. The first kappa shape index (κ1) is 18.1. The zero-order valence-electron chi connectivity index (χ0n) is 15.1. The van der Waals surface area contributed by atoms with E-state index in [-0.39, 0.29) is 11.5 Å². The fraction of sp³-hybridized carbons (Fsp3) is 0.158. The Bertz CT molecular complexity index is 990. The molecule has 1 heterocycles. The highest BCUT2D eigenvalue weighted by Gasteiger charge is 2.14. The first-order valence-corrected chi connectivity index (χ1v) is 8.12. The molecule has 2 aromatic carbocycles. The first-order chi connectivity index (χ1) is 12.9. The molecule has 1 aromatic heterocycles. The van der Waals surface area contributed by atoms with Gasteiger partial charge in [0.2, 0.25) is 0 Å². The third-order valence-electron chi connectivity index (χ3n) is 4.02. The van der Waals surface area contributed by atoms with Crippen LogP contribution < -0.4 is 10.1 Å². The number of carbonyl (C=O) groups is 2. The number of hydrogen-bond acceptors (Lipinski definition) is 5. The Morgan fingerprint density at radius 2 is 1.63 bits per heavy atom. The molecule has 0 radical (unpaired) electrons. The van der Waals surface area contributed by atoms with Crippen LogP contribution in [0.5, 0.6) is 5.75 Å². The molecule has 138 valence electrons. The Labute approximate surface area is 155 Å². The Hall–Kier alpha value is -3.68. The third kappa shape index (κ3) is 3.79. The molecule has 0 spiro atoms. The van der Waals surface area contributed by atoms with Gasteiger partial charge in [0, 0.05) is 11.3 Å². The smallest absolute Gasteiger partial charge is 0.335 e. The van der Waals surface area contributed by atoms with Crippen molar-refractivity contribution in [3.05, 3.63) is 65.2 Å². The van der Waals surface area contributed by atoms with Crippen LogP contribution in [0, 0.1) is 13.8 Å². The Kier molecular flexibility index (Phi) is 4.89. The van der Waals surface area contributed by atoms with Gasteiger partial charge in [-0.25, -0.2) is 4.79 Å². The largest absolute Gasteiger partial charge is 0.497 e. The van der Waals surface area contributed by atoms with Crippen molar-refractivity contribution < 1.29 is 19.4 Å². The van der Waals surface area contributed by atoms with E-state index in [1.54, 1.807) is 55.9 Å². The Balaban J connectivity index is 1.97. The minimum Gasteiger partial charge on any atom is -0.497 e. The molecule has 0 saturated heterocycles. The molecule has 0 fully saturated rings. The van der Waals surface area contributed by atoms with Gasteiger partial charge >= 0.3 is 5.97 Å². The van der Waals surface area contributed by atoms with Gasteiger partial charge < -0.3 is 15.2 Å². The van der Waals surface area contributed by atoms with Gasteiger partial charge in [-0.15, -0.1) is 10.2 Å². The van der Waals surface area contributed by atoms with E-state index in [0.717, 1.165) is 0 Å². The lowest BCUT2D eigenvalue weighted by Gasteiger charge is -2.12. The van der Waals surface area contributed by atoms with Crippen molar-refractivity contribution in [1.82, 2.24) is 14.8 Å². The number of aryl methyl sites for hydroxylation is 2. The monoisotopic (exact) mass is 366 g/mol. The van der Waals surface area contributed by atoms with Crippen LogP contribution in [0.15, 0.2) is 42.5 Å². The molecule has 0 saturated carbocycles.